The number of aryl methyl sites for hydroxylation is 1. The van der Waals surface area contributed by atoms with E-state index in [0.717, 1.165) is 36.0 Å². The maximum Gasteiger partial charge on any atom is 0.162 e. The predicted octanol–water partition coefficient (Wildman–Crippen LogP) is 2.92. The Kier molecular flexibility index (Phi) is 4.87. The van der Waals surface area contributed by atoms with Crippen molar-refractivity contribution in [1.29, 1.82) is 0 Å². The van der Waals surface area contributed by atoms with Crippen LogP contribution in [0.4, 0.5) is 5.69 Å². The van der Waals surface area contributed by atoms with Crippen LogP contribution in [-0.2, 0) is 13.1 Å². The minimum atomic E-state index is 0.683. The first-order chi connectivity index (χ1) is 9.78. The minimum absolute atomic E-state index is 0.683. The zero-order chi connectivity index (χ0) is 14.4. The lowest BCUT2D eigenvalue weighted by atomic mass is 10.2. The Morgan fingerprint density at radius 1 is 1.20 bits per heavy atom. The van der Waals surface area contributed by atoms with Crippen LogP contribution in [0, 0.1) is 0 Å². The van der Waals surface area contributed by atoms with Crippen LogP contribution in [0.15, 0.2) is 30.6 Å². The highest BCUT2D eigenvalue weighted by Crippen LogP contribution is 2.29. The summed E-state index contributed by atoms with van der Waals surface area (Å²) >= 11 is 0. The molecule has 1 N–H and O–H groups in total. The lowest BCUT2D eigenvalue weighted by Gasteiger charge is -2.12. The summed E-state index contributed by atoms with van der Waals surface area (Å²) in [5, 5.41) is 3.35. The minimum Gasteiger partial charge on any atom is -0.493 e. The zero-order valence-electron chi connectivity index (χ0n) is 12.2. The molecule has 5 heteroatoms. The maximum absolute atomic E-state index is 5.29. The van der Waals surface area contributed by atoms with Gasteiger partial charge in [0.05, 0.1) is 20.8 Å². The first-order valence-corrected chi connectivity index (χ1v) is 6.74. The summed E-state index contributed by atoms with van der Waals surface area (Å²) in [4.78, 5) is 4.37. The number of rotatable bonds is 7. The number of anilines is 1. The Bertz CT molecular complexity index is 552. The topological polar surface area (TPSA) is 48.3 Å². The largest absolute Gasteiger partial charge is 0.493 e. The van der Waals surface area contributed by atoms with Crippen molar-refractivity contribution in [2.75, 3.05) is 19.5 Å². The van der Waals surface area contributed by atoms with E-state index in [4.69, 9.17) is 9.47 Å². The number of imidazole rings is 1. The molecule has 0 bridgehead atoms. The Morgan fingerprint density at radius 3 is 2.70 bits per heavy atom. The molecular weight excluding hydrogens is 254 g/mol. The molecule has 108 valence electrons. The molecule has 0 radical (unpaired) electrons. The highest BCUT2D eigenvalue weighted by atomic mass is 16.5. The van der Waals surface area contributed by atoms with Gasteiger partial charge in [0.25, 0.3) is 0 Å². The van der Waals surface area contributed by atoms with E-state index in [9.17, 15) is 0 Å². The highest BCUT2D eigenvalue weighted by molar-refractivity contribution is 5.54. The summed E-state index contributed by atoms with van der Waals surface area (Å²) in [6.07, 6.45) is 4.94. The van der Waals surface area contributed by atoms with Gasteiger partial charge in [0, 0.05) is 30.7 Å². The van der Waals surface area contributed by atoms with Gasteiger partial charge in [0.1, 0.15) is 5.82 Å². The van der Waals surface area contributed by atoms with Crippen molar-refractivity contribution in [3.8, 4) is 11.5 Å². The van der Waals surface area contributed by atoms with Crippen molar-refractivity contribution < 1.29 is 9.47 Å². The number of hydrogen-bond donors (Lipinski definition) is 1. The molecule has 0 unspecified atom stereocenters. The monoisotopic (exact) mass is 275 g/mol. The second kappa shape index (κ2) is 6.84. The molecule has 0 spiro atoms. The molecule has 0 saturated carbocycles. The van der Waals surface area contributed by atoms with Gasteiger partial charge < -0.3 is 19.4 Å². The van der Waals surface area contributed by atoms with E-state index in [1.807, 2.05) is 30.6 Å². The molecule has 2 aromatic rings. The van der Waals surface area contributed by atoms with Gasteiger partial charge in [-0.05, 0) is 18.6 Å². The third kappa shape index (κ3) is 3.23. The third-order valence-electron chi connectivity index (χ3n) is 3.10. The van der Waals surface area contributed by atoms with E-state index in [2.05, 4.69) is 21.8 Å². The van der Waals surface area contributed by atoms with Crippen LogP contribution in [0.1, 0.15) is 19.2 Å². The SMILES string of the molecule is CCCn1ccnc1CNc1ccc(OC)c(OC)c1. The van der Waals surface area contributed by atoms with Gasteiger partial charge in [-0.3, -0.25) is 0 Å². The molecule has 0 atom stereocenters. The third-order valence-corrected chi connectivity index (χ3v) is 3.10. The van der Waals surface area contributed by atoms with Crippen LogP contribution in [0.25, 0.3) is 0 Å². The lowest BCUT2D eigenvalue weighted by Crippen LogP contribution is -2.08. The number of nitrogens with zero attached hydrogens (tertiary/aromatic N) is 2. The second-order valence-corrected chi connectivity index (χ2v) is 4.46. The van der Waals surface area contributed by atoms with E-state index >= 15 is 0 Å². The predicted molar refractivity (Wildman–Crippen MR) is 79.4 cm³/mol. The van der Waals surface area contributed by atoms with E-state index in [1.54, 1.807) is 14.2 Å². The summed E-state index contributed by atoms with van der Waals surface area (Å²) in [5.41, 5.74) is 0.980. The summed E-state index contributed by atoms with van der Waals surface area (Å²) in [6, 6.07) is 5.78. The molecule has 5 nitrogen and oxygen atoms in total. The van der Waals surface area contributed by atoms with Crippen LogP contribution in [0.2, 0.25) is 0 Å². The molecule has 0 fully saturated rings. The quantitative estimate of drug-likeness (QED) is 0.844. The molecule has 0 aliphatic heterocycles. The molecule has 0 saturated heterocycles. The molecule has 0 aliphatic rings. The fourth-order valence-electron chi connectivity index (χ4n) is 2.08. The standard InChI is InChI=1S/C15H21N3O2/c1-4-8-18-9-7-16-15(18)11-17-12-5-6-13(19-2)14(10-12)20-3/h5-7,9-10,17H,4,8,11H2,1-3H3. The molecule has 0 aliphatic carbocycles. The van der Waals surface area contributed by atoms with Gasteiger partial charge in [0.15, 0.2) is 11.5 Å². The van der Waals surface area contributed by atoms with Gasteiger partial charge in [0.2, 0.25) is 0 Å². The first kappa shape index (κ1) is 14.2. The highest BCUT2D eigenvalue weighted by Gasteiger charge is 2.06. The normalized spacial score (nSPS) is 10.3. The fraction of sp³-hybridized carbons (Fsp3) is 0.400. The summed E-state index contributed by atoms with van der Waals surface area (Å²) in [5.74, 6) is 2.47. The van der Waals surface area contributed by atoms with E-state index in [0.29, 0.717) is 6.54 Å². The van der Waals surface area contributed by atoms with E-state index in [-0.39, 0.29) is 0 Å². The Hall–Kier alpha value is -2.17. The molecule has 1 heterocycles. The van der Waals surface area contributed by atoms with Gasteiger partial charge in [-0.25, -0.2) is 4.98 Å². The maximum atomic E-state index is 5.29. The van der Waals surface area contributed by atoms with Gasteiger partial charge >= 0.3 is 0 Å². The molecule has 1 aromatic carbocycles. The summed E-state index contributed by atoms with van der Waals surface area (Å²) in [7, 11) is 3.27. The Morgan fingerprint density at radius 2 is 2.00 bits per heavy atom. The number of ether oxygens (including phenoxy) is 2. The van der Waals surface area contributed by atoms with Crippen molar-refractivity contribution in [2.24, 2.45) is 0 Å². The van der Waals surface area contributed by atoms with Gasteiger partial charge in [-0.1, -0.05) is 6.92 Å². The van der Waals surface area contributed by atoms with E-state index < -0.39 is 0 Å². The van der Waals surface area contributed by atoms with Crippen molar-refractivity contribution in [3.05, 3.63) is 36.4 Å². The van der Waals surface area contributed by atoms with Crippen molar-refractivity contribution in [1.82, 2.24) is 9.55 Å². The van der Waals surface area contributed by atoms with Crippen LogP contribution in [0.3, 0.4) is 0 Å². The summed E-state index contributed by atoms with van der Waals surface area (Å²) < 4.78 is 12.7. The van der Waals surface area contributed by atoms with Crippen LogP contribution in [0.5, 0.6) is 11.5 Å². The van der Waals surface area contributed by atoms with Gasteiger partial charge in [-0.2, -0.15) is 0 Å². The van der Waals surface area contributed by atoms with E-state index in [1.165, 1.54) is 0 Å². The second-order valence-electron chi connectivity index (χ2n) is 4.46. The van der Waals surface area contributed by atoms with Crippen molar-refractivity contribution in [3.63, 3.8) is 0 Å². The fourth-order valence-corrected chi connectivity index (χ4v) is 2.08. The average molecular weight is 275 g/mol. The molecule has 1 aromatic heterocycles. The number of nitrogens with one attached hydrogen (secondary N) is 1. The molecular formula is C15H21N3O2. The number of benzene rings is 1. The van der Waals surface area contributed by atoms with Crippen molar-refractivity contribution in [2.45, 2.75) is 26.4 Å². The number of hydrogen-bond acceptors (Lipinski definition) is 4. The smallest absolute Gasteiger partial charge is 0.162 e. The number of methoxy groups -OCH3 is 2. The molecule has 20 heavy (non-hydrogen) atoms. The van der Waals surface area contributed by atoms with Crippen LogP contribution < -0.4 is 14.8 Å². The van der Waals surface area contributed by atoms with Crippen LogP contribution in [-0.4, -0.2) is 23.8 Å². The average Bonchev–Trinajstić information content (AvgIpc) is 2.92. The zero-order valence-corrected chi connectivity index (χ0v) is 12.2. The number of aromatic nitrogens is 2. The van der Waals surface area contributed by atoms with Crippen LogP contribution >= 0.6 is 0 Å². The summed E-state index contributed by atoms with van der Waals surface area (Å²) in [6.45, 7) is 3.83. The molecule has 0 amide bonds. The first-order valence-electron chi connectivity index (χ1n) is 6.74. The van der Waals surface area contributed by atoms with Crippen molar-refractivity contribution >= 4 is 5.69 Å². The Balaban J connectivity index is 2.05. The molecule has 2 rings (SSSR count). The lowest BCUT2D eigenvalue weighted by molar-refractivity contribution is 0.355. The Labute approximate surface area is 119 Å². The van der Waals surface area contributed by atoms with Gasteiger partial charge in [-0.15, -0.1) is 0 Å².